The quantitative estimate of drug-likeness (QED) is 0.728. The zero-order valence-corrected chi connectivity index (χ0v) is 15.6. The van der Waals surface area contributed by atoms with Crippen molar-refractivity contribution in [2.24, 2.45) is 4.99 Å². The highest BCUT2D eigenvalue weighted by molar-refractivity contribution is 5.94. The van der Waals surface area contributed by atoms with E-state index in [0.29, 0.717) is 17.3 Å². The summed E-state index contributed by atoms with van der Waals surface area (Å²) in [7, 11) is 0. The first kappa shape index (κ1) is 19.6. The van der Waals surface area contributed by atoms with Crippen molar-refractivity contribution < 1.29 is 23.1 Å². The number of nitrogens with two attached hydrogens (primary N) is 1. The molecule has 0 saturated heterocycles. The number of allylic oxidation sites excluding steroid dienone is 6. The Hall–Kier alpha value is -3.76. The van der Waals surface area contributed by atoms with E-state index < -0.39 is 23.7 Å². The van der Waals surface area contributed by atoms with Crippen molar-refractivity contribution in [3.63, 3.8) is 0 Å². The molecule has 0 spiro atoms. The predicted molar refractivity (Wildman–Crippen MR) is 103 cm³/mol. The molecule has 0 atom stereocenters. The molecule has 30 heavy (non-hydrogen) atoms. The molecule has 0 saturated carbocycles. The molecule has 0 amide bonds. The van der Waals surface area contributed by atoms with Crippen LogP contribution in [0.25, 0.3) is 16.8 Å². The summed E-state index contributed by atoms with van der Waals surface area (Å²) in [5.41, 5.74) is 6.15. The molecule has 8 nitrogen and oxygen atoms in total. The molecule has 0 bridgehead atoms. The summed E-state index contributed by atoms with van der Waals surface area (Å²) in [6.07, 6.45) is 4.10. The van der Waals surface area contributed by atoms with Crippen molar-refractivity contribution in [1.29, 1.82) is 0 Å². The van der Waals surface area contributed by atoms with Gasteiger partial charge in [-0.2, -0.15) is 17.7 Å². The number of alkyl halides is 3. The van der Waals surface area contributed by atoms with Crippen molar-refractivity contribution in [2.45, 2.75) is 25.9 Å². The Labute approximate surface area is 167 Å². The summed E-state index contributed by atoms with van der Waals surface area (Å²) in [6, 6.07) is 0. The smallest absolute Gasteiger partial charge is 0.433 e. The lowest BCUT2D eigenvalue weighted by Crippen LogP contribution is -2.37. The average Bonchev–Trinajstić information content (AvgIpc) is 3.13. The van der Waals surface area contributed by atoms with Gasteiger partial charge in [-0.05, 0) is 30.6 Å². The zero-order valence-electron chi connectivity index (χ0n) is 15.6. The molecule has 0 radical (unpaired) electrons. The van der Waals surface area contributed by atoms with E-state index >= 15 is 0 Å². The highest BCUT2D eigenvalue weighted by atomic mass is 19.4. The summed E-state index contributed by atoms with van der Waals surface area (Å²) in [5, 5.41) is 13.7. The van der Waals surface area contributed by atoms with E-state index in [9.17, 15) is 23.1 Å². The van der Waals surface area contributed by atoms with Crippen LogP contribution in [0.3, 0.4) is 0 Å². The largest absolute Gasteiger partial charge is 0.475 e. The van der Waals surface area contributed by atoms with Crippen LogP contribution in [0, 0.1) is 0 Å². The fourth-order valence-electron chi connectivity index (χ4n) is 3.34. The lowest BCUT2D eigenvalue weighted by Gasteiger charge is -2.16. The summed E-state index contributed by atoms with van der Waals surface area (Å²) in [4.78, 5) is 23.4. The topological polar surface area (TPSA) is 119 Å². The first-order valence-corrected chi connectivity index (χ1v) is 8.83. The van der Waals surface area contributed by atoms with Gasteiger partial charge in [-0.15, -0.1) is 5.10 Å². The van der Waals surface area contributed by atoms with Crippen molar-refractivity contribution in [2.75, 3.05) is 5.73 Å². The number of hydrogen-bond acceptors (Lipinski definition) is 6. The van der Waals surface area contributed by atoms with E-state index in [1.807, 2.05) is 12.2 Å². The third-order valence-corrected chi connectivity index (χ3v) is 4.57. The molecule has 154 valence electrons. The van der Waals surface area contributed by atoms with Crippen molar-refractivity contribution in [3.8, 4) is 0 Å². The molecular weight excluding hydrogens is 401 g/mol. The summed E-state index contributed by atoms with van der Waals surface area (Å²) in [6.45, 7) is 1.49. The molecule has 1 aliphatic carbocycles. The number of halogens is 3. The Morgan fingerprint density at radius 2 is 2.00 bits per heavy atom. The van der Waals surface area contributed by atoms with Crippen LogP contribution >= 0.6 is 0 Å². The van der Waals surface area contributed by atoms with Gasteiger partial charge in [-0.25, -0.2) is 14.8 Å². The SMILES string of the molecule is CC1=NC(C(F)(F)F)=CC(=c2c(=C3C=CC=CC3)nc(N)n3nc(C(=O)O)nc23)C1. The molecule has 0 aromatic carbocycles. The fraction of sp³-hybridized carbons (Fsp3) is 0.211. The number of anilines is 1. The van der Waals surface area contributed by atoms with Gasteiger partial charge in [0.25, 0.3) is 5.82 Å². The van der Waals surface area contributed by atoms with E-state index in [1.165, 1.54) is 6.92 Å². The van der Waals surface area contributed by atoms with E-state index in [0.717, 1.165) is 10.6 Å². The molecule has 3 N–H and O–H groups in total. The monoisotopic (exact) mass is 416 g/mol. The lowest BCUT2D eigenvalue weighted by molar-refractivity contribution is -0.0923. The summed E-state index contributed by atoms with van der Waals surface area (Å²) < 4.78 is 41.2. The van der Waals surface area contributed by atoms with Crippen LogP contribution in [0.15, 0.2) is 41.1 Å². The first-order valence-electron chi connectivity index (χ1n) is 8.83. The molecule has 2 aromatic rings. The highest BCUT2D eigenvalue weighted by Gasteiger charge is 2.35. The van der Waals surface area contributed by atoms with Crippen LogP contribution in [0.4, 0.5) is 19.1 Å². The number of carboxylic acids is 1. The minimum absolute atomic E-state index is 0.0211. The van der Waals surface area contributed by atoms with Gasteiger partial charge in [0.1, 0.15) is 5.70 Å². The third-order valence-electron chi connectivity index (χ3n) is 4.57. The number of hydrogen-bond donors (Lipinski definition) is 2. The van der Waals surface area contributed by atoms with E-state index in [1.54, 1.807) is 12.2 Å². The fourth-order valence-corrected chi connectivity index (χ4v) is 3.34. The standard InChI is InChI=1S/C19H15F3N6O2/c1-9-7-11(8-12(24-9)19(20,21)22)13-14(10-5-3-2-4-6-10)25-18(23)28-16(13)26-15(27-28)17(29)30/h2-5,8H,6-7H2,1H3,(H2,23,25)(H,29,30). The van der Waals surface area contributed by atoms with Gasteiger partial charge in [0.2, 0.25) is 5.95 Å². The van der Waals surface area contributed by atoms with Gasteiger partial charge in [0.15, 0.2) is 5.65 Å². The van der Waals surface area contributed by atoms with Crippen molar-refractivity contribution in [3.05, 3.63) is 52.5 Å². The van der Waals surface area contributed by atoms with E-state index in [-0.39, 0.29) is 34.5 Å². The number of carbonyl (C=O) groups is 1. The molecule has 4 rings (SSSR count). The number of fused-ring (bicyclic) bond motifs is 1. The van der Waals surface area contributed by atoms with Gasteiger partial charge in [-0.1, -0.05) is 24.3 Å². The Morgan fingerprint density at radius 3 is 2.63 bits per heavy atom. The maximum Gasteiger partial charge on any atom is 0.433 e. The van der Waals surface area contributed by atoms with Gasteiger partial charge in [-0.3, -0.25) is 4.99 Å². The number of carboxylic acid groups (broad SMARTS) is 1. The minimum atomic E-state index is -4.65. The zero-order chi connectivity index (χ0) is 21.6. The van der Waals surface area contributed by atoms with E-state index in [2.05, 4.69) is 20.1 Å². The molecule has 11 heteroatoms. The van der Waals surface area contributed by atoms with Gasteiger partial charge in [0.05, 0.1) is 5.35 Å². The first-order chi connectivity index (χ1) is 14.1. The van der Waals surface area contributed by atoms with Gasteiger partial charge in [0, 0.05) is 17.4 Å². The normalized spacial score (nSPS) is 20.4. The van der Waals surface area contributed by atoms with Crippen LogP contribution in [-0.4, -0.2) is 42.5 Å². The van der Waals surface area contributed by atoms with Crippen LogP contribution in [0.2, 0.25) is 0 Å². The van der Waals surface area contributed by atoms with Crippen molar-refractivity contribution >= 4 is 34.4 Å². The second-order valence-corrected chi connectivity index (χ2v) is 6.76. The van der Waals surface area contributed by atoms with Crippen molar-refractivity contribution in [1.82, 2.24) is 19.6 Å². The highest BCUT2D eigenvalue weighted by Crippen LogP contribution is 2.31. The van der Waals surface area contributed by atoms with Crippen LogP contribution < -0.4 is 16.3 Å². The predicted octanol–water partition coefficient (Wildman–Crippen LogP) is 1.53. The van der Waals surface area contributed by atoms with E-state index in [4.69, 9.17) is 5.73 Å². The Balaban J connectivity index is 2.21. The minimum Gasteiger partial charge on any atom is -0.475 e. The van der Waals surface area contributed by atoms with Crippen LogP contribution in [0.1, 0.15) is 30.4 Å². The second kappa shape index (κ2) is 6.94. The summed E-state index contributed by atoms with van der Waals surface area (Å²) in [5.74, 6) is -2.05. The number of rotatable bonds is 1. The second-order valence-electron chi connectivity index (χ2n) is 6.76. The van der Waals surface area contributed by atoms with Gasteiger partial charge < -0.3 is 10.8 Å². The number of aromatic carboxylic acids is 1. The lowest BCUT2D eigenvalue weighted by atomic mass is 10.00. The Kier molecular flexibility index (Phi) is 4.52. The number of nitrogen functional groups attached to an aromatic ring is 1. The molecule has 2 aromatic heterocycles. The van der Waals surface area contributed by atoms with Crippen LogP contribution in [-0.2, 0) is 0 Å². The van der Waals surface area contributed by atoms with Gasteiger partial charge >= 0.3 is 12.1 Å². The molecule has 2 aliphatic rings. The molecule has 3 heterocycles. The number of aliphatic imine (C=N–C) groups is 1. The molecule has 0 unspecified atom stereocenters. The maximum atomic E-state index is 13.4. The maximum absolute atomic E-state index is 13.4. The number of nitrogens with zero attached hydrogens (tertiary/aromatic N) is 5. The Bertz CT molecular complexity index is 1330. The Morgan fingerprint density at radius 1 is 1.23 bits per heavy atom. The average molecular weight is 416 g/mol. The molecule has 0 fully saturated rings. The van der Waals surface area contributed by atoms with Crippen LogP contribution in [0.5, 0.6) is 0 Å². The molecular formula is C19H15F3N6O2. The molecule has 1 aliphatic heterocycles. The number of aromatic nitrogens is 4. The summed E-state index contributed by atoms with van der Waals surface area (Å²) >= 11 is 0. The third kappa shape index (κ3) is 3.38.